The third kappa shape index (κ3) is 4.41. The van der Waals surface area contributed by atoms with Gasteiger partial charge < -0.3 is 0 Å². The maximum atomic E-state index is 13.9. The van der Waals surface area contributed by atoms with Gasteiger partial charge in [0.15, 0.2) is 5.60 Å². The summed E-state index contributed by atoms with van der Waals surface area (Å²) in [6.45, 7) is 2.95. The molecule has 0 amide bonds. The average molecular weight is 509 g/mol. The summed E-state index contributed by atoms with van der Waals surface area (Å²) in [4.78, 5) is 7.29. The van der Waals surface area contributed by atoms with Crippen molar-refractivity contribution in [2.75, 3.05) is 0 Å². The standard InChI is InChI=1S/C15H14F9O5PS/c1-3-11(4-2,29-30(25)26)9-5-7-10(8-6-9)31(27,28)15(23,24)13(18,19)12(16,17)14(20,21)22/h5-8H,3-4H2,1-2H3/p+1. The van der Waals surface area contributed by atoms with Gasteiger partial charge in [-0.25, -0.2) is 8.42 Å². The van der Waals surface area contributed by atoms with E-state index < -0.39 is 51.9 Å². The van der Waals surface area contributed by atoms with Crippen molar-refractivity contribution >= 4 is 18.1 Å². The van der Waals surface area contributed by atoms with Crippen LogP contribution in [0, 0.1) is 0 Å². The van der Waals surface area contributed by atoms with Crippen LogP contribution in [0.4, 0.5) is 39.5 Å². The average Bonchev–Trinajstić information content (AvgIpc) is 2.64. The van der Waals surface area contributed by atoms with Gasteiger partial charge in [-0.1, -0.05) is 26.0 Å². The van der Waals surface area contributed by atoms with E-state index in [1.165, 1.54) is 13.8 Å². The molecular formula is C15H15F9O5PS+. The summed E-state index contributed by atoms with van der Waals surface area (Å²) < 4.78 is 157. The van der Waals surface area contributed by atoms with Crippen molar-refractivity contribution in [3.8, 4) is 0 Å². The second kappa shape index (κ2) is 8.49. The molecule has 31 heavy (non-hydrogen) atoms. The molecule has 0 spiro atoms. The van der Waals surface area contributed by atoms with Crippen LogP contribution < -0.4 is 0 Å². The summed E-state index contributed by atoms with van der Waals surface area (Å²) in [5.74, 6) is -14.7. The van der Waals surface area contributed by atoms with Crippen molar-refractivity contribution in [1.29, 1.82) is 0 Å². The summed E-state index contributed by atoms with van der Waals surface area (Å²) in [5.41, 5.74) is -1.59. The van der Waals surface area contributed by atoms with Gasteiger partial charge in [0.25, 0.3) is 0 Å². The Morgan fingerprint density at radius 1 is 0.871 bits per heavy atom. The molecule has 0 heterocycles. The lowest BCUT2D eigenvalue weighted by molar-refractivity contribution is -0.382. The molecule has 0 bridgehead atoms. The highest BCUT2D eigenvalue weighted by Crippen LogP contribution is 2.55. The Hall–Kier alpha value is -1.44. The summed E-state index contributed by atoms with van der Waals surface area (Å²) in [7, 11) is -9.94. The number of hydrogen-bond donors (Lipinski definition) is 1. The number of halogens is 9. The van der Waals surface area contributed by atoms with Gasteiger partial charge in [-0.2, -0.15) is 39.5 Å². The van der Waals surface area contributed by atoms with E-state index in [4.69, 9.17) is 9.42 Å². The van der Waals surface area contributed by atoms with Gasteiger partial charge in [-0.15, -0.1) is 9.42 Å². The van der Waals surface area contributed by atoms with E-state index in [1.54, 1.807) is 0 Å². The van der Waals surface area contributed by atoms with Gasteiger partial charge in [0.05, 0.1) is 4.90 Å². The van der Waals surface area contributed by atoms with Gasteiger partial charge in [-0.3, -0.25) is 0 Å². The van der Waals surface area contributed by atoms with E-state index in [9.17, 15) is 52.5 Å². The molecular weight excluding hydrogens is 494 g/mol. The van der Waals surface area contributed by atoms with Crippen molar-refractivity contribution in [2.45, 2.75) is 60.5 Å². The molecule has 0 aliphatic heterocycles. The first-order valence-corrected chi connectivity index (χ1v) is 10.8. The summed E-state index contributed by atoms with van der Waals surface area (Å²) in [5, 5.41) is -6.85. The normalized spacial score (nSPS) is 15.2. The Bertz CT molecular complexity index is 910. The van der Waals surface area contributed by atoms with Gasteiger partial charge in [-0.05, 0) is 30.5 Å². The van der Waals surface area contributed by atoms with Crippen LogP contribution in [0.15, 0.2) is 29.2 Å². The summed E-state index contributed by atoms with van der Waals surface area (Å²) >= 11 is 0. The first-order valence-electron chi connectivity index (χ1n) is 8.15. The summed E-state index contributed by atoms with van der Waals surface area (Å²) in [6.07, 6.45) is -7.16. The second-order valence-electron chi connectivity index (χ2n) is 6.22. The van der Waals surface area contributed by atoms with Crippen molar-refractivity contribution in [2.24, 2.45) is 0 Å². The van der Waals surface area contributed by atoms with Crippen molar-refractivity contribution < 1.29 is 61.9 Å². The number of benzene rings is 1. The van der Waals surface area contributed by atoms with Crippen molar-refractivity contribution in [1.82, 2.24) is 0 Å². The SMILES string of the molecule is CCC(CC)(O[P+](=O)O)c1ccc(S(=O)(=O)C(F)(F)C(F)(F)C(F)(F)C(F)(F)F)cc1. The fraction of sp³-hybridized carbons (Fsp3) is 0.600. The van der Waals surface area contributed by atoms with Crippen LogP contribution in [0.2, 0.25) is 0 Å². The smallest absolute Gasteiger partial charge is 0.217 e. The van der Waals surface area contributed by atoms with Crippen LogP contribution in [0.1, 0.15) is 32.3 Å². The highest BCUT2D eigenvalue weighted by Gasteiger charge is 2.85. The summed E-state index contributed by atoms with van der Waals surface area (Å²) in [6, 6.07) is 1.95. The molecule has 0 aromatic heterocycles. The van der Waals surface area contributed by atoms with Crippen LogP contribution in [-0.4, -0.2) is 36.6 Å². The molecule has 5 nitrogen and oxygen atoms in total. The Morgan fingerprint density at radius 3 is 1.61 bits per heavy atom. The van der Waals surface area contributed by atoms with Gasteiger partial charge in [0, 0.05) is 4.57 Å². The third-order valence-corrected chi connectivity index (χ3v) is 6.87. The molecule has 1 unspecified atom stereocenters. The van der Waals surface area contributed by atoms with E-state index in [0.29, 0.717) is 0 Å². The second-order valence-corrected chi connectivity index (χ2v) is 8.87. The molecule has 16 heteroatoms. The zero-order valence-corrected chi connectivity index (χ0v) is 17.3. The zero-order chi connectivity index (χ0) is 24.7. The van der Waals surface area contributed by atoms with Crippen LogP contribution in [0.25, 0.3) is 0 Å². The molecule has 1 rings (SSSR count). The maximum Gasteiger partial charge on any atom is 0.695 e. The molecule has 1 N–H and O–H groups in total. The van der Waals surface area contributed by atoms with Crippen molar-refractivity contribution in [3.05, 3.63) is 29.8 Å². The van der Waals surface area contributed by atoms with E-state index in [2.05, 4.69) is 0 Å². The molecule has 0 radical (unpaired) electrons. The van der Waals surface area contributed by atoms with Crippen LogP contribution in [0.5, 0.6) is 0 Å². The largest absolute Gasteiger partial charge is 0.695 e. The fourth-order valence-electron chi connectivity index (χ4n) is 2.60. The Balaban J connectivity index is 3.54. The molecule has 178 valence electrons. The van der Waals surface area contributed by atoms with Crippen molar-refractivity contribution in [3.63, 3.8) is 0 Å². The quantitative estimate of drug-likeness (QED) is 0.348. The van der Waals surface area contributed by atoms with E-state index in [0.717, 1.165) is 12.1 Å². The van der Waals surface area contributed by atoms with Gasteiger partial charge in [0.1, 0.15) is 0 Å². The van der Waals surface area contributed by atoms with E-state index in [-0.39, 0.29) is 30.5 Å². The number of hydrogen-bond acceptors (Lipinski definition) is 4. The maximum absolute atomic E-state index is 13.9. The third-order valence-electron chi connectivity index (χ3n) is 4.54. The monoisotopic (exact) mass is 509 g/mol. The molecule has 0 saturated carbocycles. The Kier molecular flexibility index (Phi) is 7.55. The van der Waals surface area contributed by atoms with Gasteiger partial charge in [0.2, 0.25) is 9.84 Å². The van der Waals surface area contributed by atoms with Crippen LogP contribution in [0.3, 0.4) is 0 Å². The minimum absolute atomic E-state index is 0.00324. The lowest BCUT2D eigenvalue weighted by Crippen LogP contribution is -2.63. The first-order chi connectivity index (χ1) is 13.7. The lowest BCUT2D eigenvalue weighted by Gasteiger charge is -2.33. The van der Waals surface area contributed by atoms with Gasteiger partial charge >= 0.3 is 31.5 Å². The fourth-order valence-corrected chi connectivity index (χ4v) is 4.52. The Morgan fingerprint density at radius 2 is 1.29 bits per heavy atom. The molecule has 0 fully saturated rings. The predicted octanol–water partition coefficient (Wildman–Crippen LogP) is 5.57. The van der Waals surface area contributed by atoms with E-state index in [1.807, 2.05) is 0 Å². The van der Waals surface area contributed by atoms with Crippen LogP contribution >= 0.6 is 8.25 Å². The molecule has 1 aromatic rings. The number of alkyl halides is 9. The molecule has 0 aliphatic rings. The first kappa shape index (κ1) is 27.6. The lowest BCUT2D eigenvalue weighted by atomic mass is 9.89. The molecule has 0 saturated heterocycles. The Labute approximate surface area is 171 Å². The zero-order valence-electron chi connectivity index (χ0n) is 15.6. The van der Waals surface area contributed by atoms with Crippen LogP contribution in [-0.2, 0) is 24.5 Å². The van der Waals surface area contributed by atoms with E-state index >= 15 is 0 Å². The minimum atomic E-state index is -7.36. The predicted molar refractivity (Wildman–Crippen MR) is 87.7 cm³/mol. The topological polar surface area (TPSA) is 80.7 Å². The number of sulfone groups is 1. The molecule has 0 aliphatic carbocycles. The molecule has 1 atom stereocenters. The highest BCUT2D eigenvalue weighted by molar-refractivity contribution is 7.92. The highest BCUT2D eigenvalue weighted by atomic mass is 32.2. The minimum Gasteiger partial charge on any atom is -0.217 e. The number of rotatable bonds is 9. The molecule has 1 aromatic carbocycles.